The average Bonchev–Trinajstić information content (AvgIpc) is 2.09. The van der Waals surface area contributed by atoms with E-state index in [0.29, 0.717) is 0 Å². The van der Waals surface area contributed by atoms with Gasteiger partial charge in [-0.2, -0.15) is 4.73 Å². The molecule has 0 saturated heterocycles. The Kier molecular flexibility index (Phi) is 0.545. The summed E-state index contributed by atoms with van der Waals surface area (Å²) in [6.07, 6.45) is -3.64. The van der Waals surface area contributed by atoms with Crippen LogP contribution in [0.1, 0.15) is 20.7 Å². The molecule has 0 aliphatic rings. The molecule has 0 atom stereocenters. The van der Waals surface area contributed by atoms with E-state index < -0.39 is 36.4 Å². The summed E-state index contributed by atoms with van der Waals surface area (Å²) < 4.78 is 43.7. The first-order valence-electron chi connectivity index (χ1n) is 5.38. The molecule has 9 heavy (non-hydrogen) atoms. The fraction of sp³-hybridized carbons (Fsp3) is 0.286. The Balaban J connectivity index is 3.68. The molecule has 1 aromatic heterocycles. The molecule has 0 aliphatic carbocycles. The van der Waals surface area contributed by atoms with Crippen LogP contribution >= 0.6 is 0 Å². The fourth-order valence-corrected chi connectivity index (χ4v) is 0.398. The molecular weight excluding hydrogens is 114 g/mol. The van der Waals surface area contributed by atoms with Crippen molar-refractivity contribution in [1.82, 2.24) is 0 Å². The molecule has 2 nitrogen and oxygen atoms in total. The number of nitrogens with zero attached hydrogens (tertiary/aromatic N) is 1. The minimum Gasteiger partial charge on any atom is -0.619 e. The van der Waals surface area contributed by atoms with Crippen LogP contribution in [-0.2, 0) is 6.37 Å². The van der Waals surface area contributed by atoms with Gasteiger partial charge in [-0.3, -0.25) is 0 Å². The minimum atomic E-state index is -2.02. The molecule has 2 heteroatoms. The van der Waals surface area contributed by atoms with Crippen molar-refractivity contribution in [3.8, 4) is 0 Å². The van der Waals surface area contributed by atoms with Gasteiger partial charge in [-0.1, -0.05) is 6.92 Å². The number of pyridine rings is 1. The summed E-state index contributed by atoms with van der Waals surface area (Å²) >= 11 is 0. The molecular formula is C7H9NO. The summed E-state index contributed by atoms with van der Waals surface area (Å²) in [6, 6.07) is -1.28. The maximum atomic E-state index is 11.1. The second kappa shape index (κ2) is 2.49. The third kappa shape index (κ3) is 1.42. The molecule has 0 aliphatic heterocycles. The Hall–Kier alpha value is -1.05. The maximum Gasteiger partial charge on any atom is 0.180 e. The smallest absolute Gasteiger partial charge is 0.180 e. The van der Waals surface area contributed by atoms with Crippen LogP contribution in [-0.4, -0.2) is 0 Å². The highest BCUT2D eigenvalue weighted by atomic mass is 16.5. The zero-order valence-electron chi connectivity index (χ0n) is 10.9. The zero-order chi connectivity index (χ0) is 12.0. The molecule has 0 spiro atoms. The molecule has 0 amide bonds. The van der Waals surface area contributed by atoms with Crippen LogP contribution in [0.2, 0.25) is 0 Å². The first kappa shape index (κ1) is 1.97. The highest BCUT2D eigenvalue weighted by Crippen LogP contribution is 1.93. The Morgan fingerprint density at radius 3 is 2.78 bits per heavy atom. The standard InChI is InChI=1S/C7H9NO/c1-2-7-3-5-8(9)6-4-7/h3-6H,2H2,1H3/i2D2,3D,4D,5D,6D. The van der Waals surface area contributed by atoms with E-state index in [1.165, 1.54) is 0 Å². The van der Waals surface area contributed by atoms with Gasteiger partial charge in [0.05, 0.1) is 2.74 Å². The van der Waals surface area contributed by atoms with Crippen molar-refractivity contribution >= 4 is 0 Å². The minimum absolute atomic E-state index is 0.167. The van der Waals surface area contributed by atoms with E-state index in [1.54, 1.807) is 0 Å². The van der Waals surface area contributed by atoms with Gasteiger partial charge in [-0.15, -0.1) is 0 Å². The highest BCUT2D eigenvalue weighted by molar-refractivity contribution is 5.06. The van der Waals surface area contributed by atoms with Crippen LogP contribution < -0.4 is 4.73 Å². The molecule has 0 N–H and O–H groups in total. The lowest BCUT2D eigenvalue weighted by molar-refractivity contribution is -0.605. The van der Waals surface area contributed by atoms with Crippen molar-refractivity contribution in [2.75, 3.05) is 0 Å². The first-order valence-corrected chi connectivity index (χ1v) is 2.38. The van der Waals surface area contributed by atoms with Crippen molar-refractivity contribution in [3.05, 3.63) is 35.2 Å². The molecule has 1 heterocycles. The number of hydrogen-bond donors (Lipinski definition) is 0. The Morgan fingerprint density at radius 1 is 1.78 bits per heavy atom. The van der Waals surface area contributed by atoms with Crippen LogP contribution in [0.5, 0.6) is 0 Å². The summed E-state index contributed by atoms with van der Waals surface area (Å²) in [5, 5.41) is 11.1. The van der Waals surface area contributed by atoms with Crippen molar-refractivity contribution in [1.29, 1.82) is 0 Å². The monoisotopic (exact) mass is 129 g/mol. The van der Waals surface area contributed by atoms with Crippen LogP contribution in [0, 0.1) is 5.21 Å². The predicted octanol–water partition coefficient (Wildman–Crippen LogP) is 0.882. The van der Waals surface area contributed by atoms with Gasteiger partial charge in [0.1, 0.15) is 2.74 Å². The molecule has 1 rings (SSSR count). The summed E-state index contributed by atoms with van der Waals surface area (Å²) in [6.45, 7) is 1.12. The molecule has 0 saturated carbocycles. The van der Waals surface area contributed by atoms with E-state index in [1.807, 2.05) is 0 Å². The van der Waals surface area contributed by atoms with Crippen molar-refractivity contribution < 1.29 is 13.0 Å². The van der Waals surface area contributed by atoms with E-state index in [0.717, 1.165) is 6.92 Å². The predicted molar refractivity (Wildman–Crippen MR) is 34.8 cm³/mol. The van der Waals surface area contributed by atoms with Crippen LogP contribution in [0.3, 0.4) is 0 Å². The molecule has 0 bridgehead atoms. The molecule has 0 fully saturated rings. The molecule has 0 radical (unpaired) electrons. The topological polar surface area (TPSA) is 26.9 Å². The number of rotatable bonds is 1. The average molecular weight is 129 g/mol. The van der Waals surface area contributed by atoms with E-state index in [2.05, 4.69) is 0 Å². The van der Waals surface area contributed by atoms with Gasteiger partial charge in [0.2, 0.25) is 0 Å². The highest BCUT2D eigenvalue weighted by Gasteiger charge is 1.88. The Labute approximate surface area is 62.8 Å². The summed E-state index contributed by atoms with van der Waals surface area (Å²) in [5.41, 5.74) is -0.399. The lowest BCUT2D eigenvalue weighted by Crippen LogP contribution is -2.23. The van der Waals surface area contributed by atoms with Crippen molar-refractivity contribution in [2.45, 2.75) is 13.3 Å². The number of hydrogen-bond acceptors (Lipinski definition) is 1. The van der Waals surface area contributed by atoms with Gasteiger partial charge in [-0.25, -0.2) is 0 Å². The quantitative estimate of drug-likeness (QED) is 0.408. The lowest BCUT2D eigenvalue weighted by Gasteiger charge is -1.94. The van der Waals surface area contributed by atoms with Crippen LogP contribution in [0.25, 0.3) is 0 Å². The van der Waals surface area contributed by atoms with E-state index in [9.17, 15) is 5.21 Å². The summed E-state index contributed by atoms with van der Waals surface area (Å²) in [7, 11) is 0. The SMILES string of the molecule is [2H]c1c(C([2H])([2H])C)c([2H])c([2H])[n+]([O-])c1[2H]. The van der Waals surface area contributed by atoms with Crippen LogP contribution in [0.15, 0.2) is 24.4 Å². The summed E-state index contributed by atoms with van der Waals surface area (Å²) in [5.74, 6) is 0. The van der Waals surface area contributed by atoms with Gasteiger partial charge < -0.3 is 5.21 Å². The summed E-state index contributed by atoms with van der Waals surface area (Å²) in [4.78, 5) is 0. The van der Waals surface area contributed by atoms with Crippen molar-refractivity contribution in [3.63, 3.8) is 0 Å². The van der Waals surface area contributed by atoms with Gasteiger partial charge in [0.25, 0.3) is 0 Å². The normalized spacial score (nSPS) is 20.6. The lowest BCUT2D eigenvalue weighted by atomic mass is 10.2. The van der Waals surface area contributed by atoms with Crippen molar-refractivity contribution in [2.24, 2.45) is 0 Å². The maximum absolute atomic E-state index is 11.1. The van der Waals surface area contributed by atoms with E-state index in [-0.39, 0.29) is 4.73 Å². The van der Waals surface area contributed by atoms with Gasteiger partial charge in [0, 0.05) is 14.8 Å². The fourth-order valence-electron chi connectivity index (χ4n) is 0.398. The third-order valence-corrected chi connectivity index (χ3v) is 0.815. The molecule has 1 aromatic rings. The van der Waals surface area contributed by atoms with Gasteiger partial charge >= 0.3 is 0 Å². The van der Waals surface area contributed by atoms with E-state index >= 15 is 0 Å². The number of aromatic nitrogens is 1. The van der Waals surface area contributed by atoms with E-state index in [4.69, 9.17) is 8.22 Å². The molecule has 0 unspecified atom stereocenters. The van der Waals surface area contributed by atoms with Gasteiger partial charge in [-0.05, 0) is 11.9 Å². The molecule has 48 valence electrons. The Morgan fingerprint density at radius 2 is 2.33 bits per heavy atom. The zero-order valence-corrected chi connectivity index (χ0v) is 4.86. The molecule has 0 aromatic carbocycles. The van der Waals surface area contributed by atoms with Gasteiger partial charge in [0.15, 0.2) is 12.3 Å². The second-order valence-electron chi connectivity index (χ2n) is 1.39. The third-order valence-electron chi connectivity index (χ3n) is 0.815. The van der Waals surface area contributed by atoms with Crippen LogP contribution in [0.4, 0.5) is 0 Å². The second-order valence-corrected chi connectivity index (χ2v) is 1.39. The first-order chi connectivity index (χ1) is 6.68. The Bertz CT molecular complexity index is 384. The largest absolute Gasteiger partial charge is 0.619 e.